The second kappa shape index (κ2) is 6.83. The van der Waals surface area contributed by atoms with Crippen LogP contribution in [0.2, 0.25) is 0 Å². The molecule has 0 fully saturated rings. The Balaban J connectivity index is 1.79. The minimum atomic E-state index is 0.292. The molecule has 0 saturated heterocycles. The molecule has 3 nitrogen and oxygen atoms in total. The highest BCUT2D eigenvalue weighted by atomic mass is 32.2. The highest BCUT2D eigenvalue weighted by molar-refractivity contribution is 7.99. The fourth-order valence-electron chi connectivity index (χ4n) is 1.52. The molecule has 0 saturated carbocycles. The number of rotatable bonds is 7. The number of aliphatic hydroxyl groups excluding tert-OH is 1. The van der Waals surface area contributed by atoms with E-state index < -0.39 is 0 Å². The number of fused-ring (bicyclic) bond motifs is 1. The molecule has 0 radical (unpaired) electrons. The van der Waals surface area contributed by atoms with Gasteiger partial charge in [-0.3, -0.25) is 0 Å². The number of nitrogens with zero attached hydrogens (tertiary/aromatic N) is 1. The zero-order valence-electron chi connectivity index (χ0n) is 9.56. The van der Waals surface area contributed by atoms with Gasteiger partial charge in [-0.2, -0.15) is 16.1 Å². The Labute approximate surface area is 109 Å². The molecule has 0 bridgehead atoms. The summed E-state index contributed by atoms with van der Waals surface area (Å²) >= 11 is 3.39. The van der Waals surface area contributed by atoms with E-state index in [0.29, 0.717) is 6.61 Å². The van der Waals surface area contributed by atoms with Crippen LogP contribution in [0.5, 0.6) is 0 Å². The molecule has 0 aliphatic rings. The van der Waals surface area contributed by atoms with Gasteiger partial charge >= 0.3 is 0 Å². The van der Waals surface area contributed by atoms with Gasteiger partial charge in [-0.15, -0.1) is 0 Å². The van der Waals surface area contributed by atoms with Crippen LogP contribution in [0.25, 0.3) is 10.9 Å². The van der Waals surface area contributed by atoms with E-state index in [0.717, 1.165) is 35.0 Å². The van der Waals surface area contributed by atoms with Crippen molar-refractivity contribution in [3.05, 3.63) is 24.3 Å². The van der Waals surface area contributed by atoms with Gasteiger partial charge in [0.2, 0.25) is 0 Å². The molecule has 5 heteroatoms. The van der Waals surface area contributed by atoms with Crippen molar-refractivity contribution in [2.45, 2.75) is 6.42 Å². The summed E-state index contributed by atoms with van der Waals surface area (Å²) in [5.74, 6) is 2.09. The fourth-order valence-corrected chi connectivity index (χ4v) is 3.09. The van der Waals surface area contributed by atoms with Crippen LogP contribution in [0.15, 0.2) is 24.3 Å². The molecule has 2 N–H and O–H groups in total. The van der Waals surface area contributed by atoms with E-state index in [2.05, 4.69) is 15.8 Å². The molecule has 2 rings (SSSR count). The van der Waals surface area contributed by atoms with Gasteiger partial charge in [-0.05, 0) is 35.8 Å². The van der Waals surface area contributed by atoms with Gasteiger partial charge in [0.25, 0.3) is 0 Å². The van der Waals surface area contributed by atoms with Crippen molar-refractivity contribution in [2.24, 2.45) is 0 Å². The molecule has 0 amide bonds. The van der Waals surface area contributed by atoms with E-state index in [1.54, 1.807) is 0 Å². The van der Waals surface area contributed by atoms with Gasteiger partial charge < -0.3 is 10.4 Å². The Morgan fingerprint density at radius 3 is 3.06 bits per heavy atom. The smallest absolute Gasteiger partial charge is 0.117 e. The summed E-state index contributed by atoms with van der Waals surface area (Å²) in [6.45, 7) is 1.24. The number of aromatic nitrogens is 1. The lowest BCUT2D eigenvalue weighted by atomic mass is 10.2. The molecule has 0 spiro atoms. The first-order valence-electron chi connectivity index (χ1n) is 5.68. The van der Waals surface area contributed by atoms with E-state index >= 15 is 0 Å². The predicted molar refractivity (Wildman–Crippen MR) is 77.1 cm³/mol. The lowest BCUT2D eigenvalue weighted by molar-refractivity contribution is 0.296. The maximum Gasteiger partial charge on any atom is 0.117 e. The van der Waals surface area contributed by atoms with Crippen LogP contribution < -0.4 is 5.32 Å². The van der Waals surface area contributed by atoms with Gasteiger partial charge in [0.1, 0.15) is 5.00 Å². The first-order valence-corrected chi connectivity index (χ1v) is 7.61. The third-order valence-electron chi connectivity index (χ3n) is 2.36. The van der Waals surface area contributed by atoms with Crippen LogP contribution >= 0.6 is 23.3 Å². The molecule has 0 atom stereocenters. The minimum absolute atomic E-state index is 0.292. The number of thioether (sulfide) groups is 1. The summed E-state index contributed by atoms with van der Waals surface area (Å²) in [7, 11) is 0. The monoisotopic (exact) mass is 268 g/mol. The van der Waals surface area contributed by atoms with E-state index in [9.17, 15) is 0 Å². The number of hydrogen-bond donors (Lipinski definition) is 2. The van der Waals surface area contributed by atoms with E-state index in [4.69, 9.17) is 5.11 Å². The Hall–Kier alpha value is -0.780. The Morgan fingerprint density at radius 2 is 2.18 bits per heavy atom. The SMILES string of the molecule is OCCCSCCNc1snc2ccccc12. The standard InChI is InChI=1S/C12H16N2OS2/c15-7-3-8-16-9-6-13-12-10-4-1-2-5-11(10)14-17-12/h1-2,4-5,13,15H,3,6-9H2. The average molecular weight is 268 g/mol. The van der Waals surface area contributed by atoms with Gasteiger partial charge in [0.15, 0.2) is 0 Å². The van der Waals surface area contributed by atoms with Crippen molar-refractivity contribution in [3.63, 3.8) is 0 Å². The van der Waals surface area contributed by atoms with Crippen molar-refractivity contribution in [1.82, 2.24) is 4.37 Å². The molecule has 2 aromatic rings. The number of anilines is 1. The number of benzene rings is 1. The van der Waals surface area contributed by atoms with Gasteiger partial charge in [-0.25, -0.2) is 0 Å². The van der Waals surface area contributed by atoms with Crippen LogP contribution in [0.1, 0.15) is 6.42 Å². The Bertz CT molecular complexity index is 458. The lowest BCUT2D eigenvalue weighted by Crippen LogP contribution is -2.03. The Morgan fingerprint density at radius 1 is 1.29 bits per heavy atom. The fraction of sp³-hybridized carbons (Fsp3) is 0.417. The highest BCUT2D eigenvalue weighted by Gasteiger charge is 2.03. The van der Waals surface area contributed by atoms with Crippen molar-refractivity contribution in [3.8, 4) is 0 Å². The van der Waals surface area contributed by atoms with Crippen molar-refractivity contribution >= 4 is 39.2 Å². The maximum absolute atomic E-state index is 8.66. The zero-order chi connectivity index (χ0) is 11.9. The van der Waals surface area contributed by atoms with Crippen LogP contribution in [0, 0.1) is 0 Å². The maximum atomic E-state index is 8.66. The molecule has 92 valence electrons. The molecular formula is C12H16N2OS2. The van der Waals surface area contributed by atoms with Gasteiger partial charge in [0.05, 0.1) is 5.52 Å². The van der Waals surface area contributed by atoms with Crippen molar-refractivity contribution in [1.29, 1.82) is 0 Å². The average Bonchev–Trinajstić information content (AvgIpc) is 2.77. The molecule has 1 heterocycles. The zero-order valence-corrected chi connectivity index (χ0v) is 11.2. The molecule has 0 aliphatic heterocycles. The molecular weight excluding hydrogens is 252 g/mol. The molecule has 0 unspecified atom stereocenters. The number of aliphatic hydroxyl groups is 1. The third kappa shape index (κ3) is 3.59. The van der Waals surface area contributed by atoms with Crippen LogP contribution in [0.3, 0.4) is 0 Å². The largest absolute Gasteiger partial charge is 0.396 e. The second-order valence-corrected chi connectivity index (χ2v) is 5.64. The molecule has 0 aliphatic carbocycles. The first-order chi connectivity index (χ1) is 8.42. The number of hydrogen-bond acceptors (Lipinski definition) is 5. The van der Waals surface area contributed by atoms with E-state index in [1.165, 1.54) is 16.9 Å². The lowest BCUT2D eigenvalue weighted by Gasteiger charge is -2.03. The topological polar surface area (TPSA) is 45.1 Å². The third-order valence-corrected chi connectivity index (χ3v) is 4.27. The quantitative estimate of drug-likeness (QED) is 0.758. The normalized spacial score (nSPS) is 10.9. The Kier molecular flexibility index (Phi) is 5.09. The summed E-state index contributed by atoms with van der Waals surface area (Å²) in [5, 5.41) is 14.4. The summed E-state index contributed by atoms with van der Waals surface area (Å²) in [6, 6.07) is 8.18. The summed E-state index contributed by atoms with van der Waals surface area (Å²) in [5.41, 5.74) is 1.06. The molecule has 1 aromatic carbocycles. The predicted octanol–water partition coefficient (Wildman–Crippen LogP) is 2.82. The van der Waals surface area contributed by atoms with Crippen molar-refractivity contribution in [2.75, 3.05) is 30.0 Å². The highest BCUT2D eigenvalue weighted by Crippen LogP contribution is 2.26. The number of nitrogens with one attached hydrogen (secondary N) is 1. The van der Waals surface area contributed by atoms with Gasteiger partial charge in [0, 0.05) is 24.3 Å². The summed E-state index contributed by atoms with van der Waals surface area (Å²) < 4.78 is 4.39. The molecule has 17 heavy (non-hydrogen) atoms. The van der Waals surface area contributed by atoms with E-state index in [-0.39, 0.29) is 0 Å². The summed E-state index contributed by atoms with van der Waals surface area (Å²) in [4.78, 5) is 0. The van der Waals surface area contributed by atoms with Crippen LogP contribution in [-0.2, 0) is 0 Å². The van der Waals surface area contributed by atoms with Gasteiger partial charge in [-0.1, -0.05) is 12.1 Å². The first kappa shape index (κ1) is 12.7. The van der Waals surface area contributed by atoms with Crippen LogP contribution in [0.4, 0.5) is 5.00 Å². The minimum Gasteiger partial charge on any atom is -0.396 e. The van der Waals surface area contributed by atoms with E-state index in [1.807, 2.05) is 30.0 Å². The summed E-state index contributed by atoms with van der Waals surface area (Å²) in [6.07, 6.45) is 0.883. The molecule has 1 aromatic heterocycles. The van der Waals surface area contributed by atoms with Crippen LogP contribution in [-0.4, -0.2) is 34.1 Å². The second-order valence-electron chi connectivity index (χ2n) is 3.65. The van der Waals surface area contributed by atoms with Crippen molar-refractivity contribution < 1.29 is 5.11 Å².